The molecule has 1 atom stereocenters. The molecule has 0 bridgehead atoms. The van der Waals surface area contributed by atoms with Crippen molar-refractivity contribution in [3.05, 3.63) is 29.8 Å². The van der Waals surface area contributed by atoms with E-state index < -0.39 is 0 Å². The molecule has 4 N–H and O–H groups in total. The second kappa shape index (κ2) is 7.46. The molecule has 1 amide bonds. The molecule has 1 aromatic rings. The smallest absolute Gasteiger partial charge is 0.238 e. The van der Waals surface area contributed by atoms with Crippen LogP contribution in [0.4, 0.5) is 5.69 Å². The van der Waals surface area contributed by atoms with Gasteiger partial charge in [-0.3, -0.25) is 9.69 Å². The lowest BCUT2D eigenvalue weighted by Gasteiger charge is -2.31. The van der Waals surface area contributed by atoms with Gasteiger partial charge in [-0.2, -0.15) is 0 Å². The van der Waals surface area contributed by atoms with Gasteiger partial charge in [0, 0.05) is 18.7 Å². The molecule has 1 aromatic carbocycles. The van der Waals surface area contributed by atoms with Crippen LogP contribution in [0, 0.1) is 0 Å². The molecule has 0 aromatic heterocycles. The molecule has 1 heterocycles. The predicted octanol–water partition coefficient (Wildman–Crippen LogP) is -0.0476. The van der Waals surface area contributed by atoms with Crippen LogP contribution in [-0.2, 0) is 9.53 Å². The van der Waals surface area contributed by atoms with Crippen LogP contribution in [0.2, 0.25) is 0 Å². The molecule has 21 heavy (non-hydrogen) atoms. The maximum absolute atomic E-state index is 12.1. The third-order valence-electron chi connectivity index (χ3n) is 3.26. The minimum atomic E-state index is -0.226. The van der Waals surface area contributed by atoms with Crippen LogP contribution in [-0.4, -0.2) is 59.9 Å². The number of aliphatic hydroxyl groups excluding tert-OH is 1. The molecule has 2 rings (SSSR count). The molecule has 1 saturated heterocycles. The quantitative estimate of drug-likeness (QED) is 0.661. The van der Waals surface area contributed by atoms with Gasteiger partial charge in [0.1, 0.15) is 4.99 Å². The van der Waals surface area contributed by atoms with Crippen molar-refractivity contribution < 1.29 is 14.6 Å². The van der Waals surface area contributed by atoms with Gasteiger partial charge in [0.2, 0.25) is 5.91 Å². The first-order valence-electron chi connectivity index (χ1n) is 6.73. The van der Waals surface area contributed by atoms with Gasteiger partial charge in [0.15, 0.2) is 0 Å². The topological polar surface area (TPSA) is 87.8 Å². The van der Waals surface area contributed by atoms with Gasteiger partial charge in [-0.05, 0) is 12.1 Å². The van der Waals surface area contributed by atoms with Crippen LogP contribution in [0.25, 0.3) is 0 Å². The summed E-state index contributed by atoms with van der Waals surface area (Å²) in [7, 11) is 0. The van der Waals surface area contributed by atoms with Crippen molar-refractivity contribution in [2.75, 3.05) is 38.2 Å². The first-order valence-corrected chi connectivity index (χ1v) is 7.14. The number of hydrogen-bond donors (Lipinski definition) is 3. The Balaban J connectivity index is 1.94. The van der Waals surface area contributed by atoms with E-state index in [2.05, 4.69) is 5.32 Å². The minimum absolute atomic E-state index is 0.0393. The van der Waals surface area contributed by atoms with Gasteiger partial charge >= 0.3 is 0 Å². The van der Waals surface area contributed by atoms with E-state index in [9.17, 15) is 4.79 Å². The average molecular weight is 309 g/mol. The van der Waals surface area contributed by atoms with Crippen molar-refractivity contribution in [1.29, 1.82) is 0 Å². The number of anilines is 1. The highest BCUT2D eigenvalue weighted by molar-refractivity contribution is 7.80. The molecule has 1 aliphatic rings. The fraction of sp³-hybridized carbons (Fsp3) is 0.429. The number of nitrogens with zero attached hydrogens (tertiary/aromatic N) is 1. The number of nitrogens with one attached hydrogen (secondary N) is 1. The summed E-state index contributed by atoms with van der Waals surface area (Å²) in [5, 5.41) is 11.9. The van der Waals surface area contributed by atoms with Crippen LogP contribution in [0.15, 0.2) is 24.3 Å². The number of ether oxygens (including phenoxy) is 1. The monoisotopic (exact) mass is 309 g/mol. The summed E-state index contributed by atoms with van der Waals surface area (Å²) in [5.74, 6) is -0.141. The van der Waals surface area contributed by atoms with E-state index >= 15 is 0 Å². The Labute approximate surface area is 128 Å². The zero-order valence-corrected chi connectivity index (χ0v) is 12.4. The zero-order chi connectivity index (χ0) is 15.2. The Bertz CT molecular complexity index is 524. The number of aliphatic hydroxyl groups is 1. The van der Waals surface area contributed by atoms with E-state index in [1.807, 2.05) is 17.0 Å². The van der Waals surface area contributed by atoms with Crippen molar-refractivity contribution >= 4 is 28.8 Å². The van der Waals surface area contributed by atoms with E-state index in [1.54, 1.807) is 12.1 Å². The van der Waals surface area contributed by atoms with Gasteiger partial charge < -0.3 is 20.9 Å². The number of thiocarbonyl (C=S) groups is 1. The zero-order valence-electron chi connectivity index (χ0n) is 11.6. The minimum Gasteiger partial charge on any atom is -0.394 e. The Morgan fingerprint density at radius 2 is 2.29 bits per heavy atom. The van der Waals surface area contributed by atoms with Gasteiger partial charge in [-0.15, -0.1) is 0 Å². The number of rotatable bonds is 5. The fourth-order valence-electron chi connectivity index (χ4n) is 2.23. The van der Waals surface area contributed by atoms with Crippen molar-refractivity contribution in [2.45, 2.75) is 6.10 Å². The Kier molecular flexibility index (Phi) is 5.63. The fourth-order valence-corrected chi connectivity index (χ4v) is 2.41. The third-order valence-corrected chi connectivity index (χ3v) is 3.48. The lowest BCUT2D eigenvalue weighted by atomic mass is 10.1. The molecule has 114 valence electrons. The summed E-state index contributed by atoms with van der Waals surface area (Å²) in [6, 6.07) is 7.17. The number of amides is 1. The van der Waals surface area contributed by atoms with E-state index in [4.69, 9.17) is 27.8 Å². The Hall–Kier alpha value is -1.54. The lowest BCUT2D eigenvalue weighted by molar-refractivity contribution is -0.120. The number of carbonyl (C=O) groups excluding carboxylic acids is 1. The average Bonchev–Trinajstić information content (AvgIpc) is 2.47. The molecule has 0 radical (unpaired) electrons. The standard InChI is InChI=1S/C14H19N3O3S/c15-14(21)11-3-1-2-4-12(11)16-13(19)8-17-5-6-20-10(7-17)9-18/h1-4,10,18H,5-9H2,(H2,15,21)(H,16,19). The lowest BCUT2D eigenvalue weighted by Crippen LogP contribution is -2.46. The van der Waals surface area contributed by atoms with E-state index in [-0.39, 0.29) is 30.2 Å². The van der Waals surface area contributed by atoms with Crippen LogP contribution in [0.3, 0.4) is 0 Å². The number of benzene rings is 1. The van der Waals surface area contributed by atoms with E-state index in [1.165, 1.54) is 0 Å². The second-order valence-corrected chi connectivity index (χ2v) is 5.31. The Morgan fingerprint density at radius 3 is 3.00 bits per heavy atom. The molecule has 0 spiro atoms. The molecule has 0 saturated carbocycles. The molecule has 1 fully saturated rings. The summed E-state index contributed by atoms with van der Waals surface area (Å²) in [6.45, 7) is 1.93. The largest absolute Gasteiger partial charge is 0.394 e. The van der Waals surface area contributed by atoms with Crippen molar-refractivity contribution in [3.63, 3.8) is 0 Å². The number of nitrogens with two attached hydrogens (primary N) is 1. The van der Waals surface area contributed by atoms with E-state index in [0.29, 0.717) is 30.9 Å². The highest BCUT2D eigenvalue weighted by atomic mass is 32.1. The first-order chi connectivity index (χ1) is 10.1. The first kappa shape index (κ1) is 15.8. The summed E-state index contributed by atoms with van der Waals surface area (Å²) in [6.07, 6.45) is -0.226. The summed E-state index contributed by atoms with van der Waals surface area (Å²) < 4.78 is 5.35. The summed E-state index contributed by atoms with van der Waals surface area (Å²) in [4.78, 5) is 14.3. The van der Waals surface area contributed by atoms with Gasteiger partial charge in [-0.1, -0.05) is 24.4 Å². The highest BCUT2D eigenvalue weighted by Gasteiger charge is 2.21. The summed E-state index contributed by atoms with van der Waals surface area (Å²) >= 11 is 4.97. The van der Waals surface area contributed by atoms with Gasteiger partial charge in [0.25, 0.3) is 0 Å². The van der Waals surface area contributed by atoms with Gasteiger partial charge in [-0.25, -0.2) is 0 Å². The van der Waals surface area contributed by atoms with Crippen LogP contribution in [0.5, 0.6) is 0 Å². The molecule has 1 aliphatic heterocycles. The van der Waals surface area contributed by atoms with Crippen LogP contribution < -0.4 is 11.1 Å². The van der Waals surface area contributed by atoms with Crippen LogP contribution in [0.1, 0.15) is 5.56 Å². The van der Waals surface area contributed by atoms with Crippen LogP contribution >= 0.6 is 12.2 Å². The van der Waals surface area contributed by atoms with Gasteiger partial charge in [0.05, 0.1) is 31.5 Å². The maximum atomic E-state index is 12.1. The molecule has 1 unspecified atom stereocenters. The van der Waals surface area contributed by atoms with Crippen molar-refractivity contribution in [2.24, 2.45) is 5.73 Å². The van der Waals surface area contributed by atoms with Crippen molar-refractivity contribution in [1.82, 2.24) is 4.90 Å². The molecule has 7 heteroatoms. The number of para-hydroxylation sites is 1. The van der Waals surface area contributed by atoms with E-state index in [0.717, 1.165) is 0 Å². The SMILES string of the molecule is NC(=S)c1ccccc1NC(=O)CN1CCOC(CO)C1. The maximum Gasteiger partial charge on any atom is 0.238 e. The number of morpholine rings is 1. The molecular weight excluding hydrogens is 290 g/mol. The molecule has 6 nitrogen and oxygen atoms in total. The van der Waals surface area contributed by atoms with Crippen molar-refractivity contribution in [3.8, 4) is 0 Å². The third kappa shape index (κ3) is 4.47. The number of hydrogen-bond acceptors (Lipinski definition) is 5. The molecular formula is C14H19N3O3S. The summed E-state index contributed by atoms with van der Waals surface area (Å²) in [5.41, 5.74) is 6.90. The highest BCUT2D eigenvalue weighted by Crippen LogP contribution is 2.15. The molecule has 0 aliphatic carbocycles. The normalized spacial score (nSPS) is 19.2. The number of carbonyl (C=O) groups is 1. The second-order valence-electron chi connectivity index (χ2n) is 4.87. The Morgan fingerprint density at radius 1 is 1.52 bits per heavy atom. The predicted molar refractivity (Wildman–Crippen MR) is 84.2 cm³/mol.